The van der Waals surface area contributed by atoms with Crippen LogP contribution >= 0.6 is 0 Å². The number of esters is 1. The van der Waals surface area contributed by atoms with Crippen molar-refractivity contribution < 1.29 is 28.7 Å². The number of benzene rings is 3. The van der Waals surface area contributed by atoms with Gasteiger partial charge in [0, 0.05) is 6.42 Å². The van der Waals surface area contributed by atoms with Crippen molar-refractivity contribution in [1.82, 2.24) is 25.6 Å². The van der Waals surface area contributed by atoms with Crippen LogP contribution < -0.4 is 10.6 Å². The molecule has 0 spiro atoms. The second-order valence-corrected chi connectivity index (χ2v) is 9.00. The van der Waals surface area contributed by atoms with Crippen LogP contribution in [0, 0.1) is 0 Å². The van der Waals surface area contributed by atoms with Crippen LogP contribution in [-0.2, 0) is 32.3 Å². The van der Waals surface area contributed by atoms with Crippen LogP contribution in [0.3, 0.4) is 0 Å². The number of alkyl carbamates (subject to hydrolysis) is 1. The molecule has 0 fully saturated rings. The maximum atomic E-state index is 13.4. The minimum absolute atomic E-state index is 0.0343. The molecule has 2 N–H and O–H groups in total. The van der Waals surface area contributed by atoms with E-state index in [1.165, 1.54) is 6.92 Å². The standard InChI is InChI=1S/C29H29N5O6/c1-20(30-29(38)40-19-22-12-6-3-7-13-22)27(36)31-24(16-17-26(35)39-18-21-10-4-2-5-11-21)28(37)34-25-15-9-8-14-23(25)32-33-34/h2-15,20,24H,16-19H2,1H3,(H,30,38)(H,31,36)/t20-,24-/m0/s1. The van der Waals surface area contributed by atoms with Gasteiger partial charge in [-0.1, -0.05) is 78.0 Å². The van der Waals surface area contributed by atoms with E-state index in [1.54, 1.807) is 36.4 Å². The van der Waals surface area contributed by atoms with Gasteiger partial charge in [0.15, 0.2) is 0 Å². The van der Waals surface area contributed by atoms with E-state index >= 15 is 0 Å². The second-order valence-electron chi connectivity index (χ2n) is 9.00. The highest BCUT2D eigenvalue weighted by atomic mass is 16.5. The fourth-order valence-electron chi connectivity index (χ4n) is 3.81. The first-order valence-electron chi connectivity index (χ1n) is 12.7. The number of para-hydroxylation sites is 1. The molecule has 0 unspecified atom stereocenters. The number of ether oxygens (including phenoxy) is 2. The molecule has 206 valence electrons. The summed E-state index contributed by atoms with van der Waals surface area (Å²) in [5, 5.41) is 13.0. The average Bonchev–Trinajstić information content (AvgIpc) is 3.42. The van der Waals surface area contributed by atoms with E-state index in [0.717, 1.165) is 15.8 Å². The van der Waals surface area contributed by atoms with E-state index in [0.29, 0.717) is 11.0 Å². The molecular formula is C29H29N5O6. The van der Waals surface area contributed by atoms with Crippen LogP contribution in [0.15, 0.2) is 84.9 Å². The smallest absolute Gasteiger partial charge is 0.408 e. The van der Waals surface area contributed by atoms with Crippen LogP contribution in [-0.4, -0.2) is 51.0 Å². The van der Waals surface area contributed by atoms with Crippen LogP contribution in [0.25, 0.3) is 11.0 Å². The van der Waals surface area contributed by atoms with Gasteiger partial charge >= 0.3 is 12.1 Å². The summed E-state index contributed by atoms with van der Waals surface area (Å²) in [6.45, 7) is 1.58. The Balaban J connectivity index is 1.38. The second kappa shape index (κ2) is 13.7. The van der Waals surface area contributed by atoms with Gasteiger partial charge in [0.2, 0.25) is 5.91 Å². The molecule has 11 heteroatoms. The lowest BCUT2D eigenvalue weighted by atomic mass is 10.1. The zero-order valence-electron chi connectivity index (χ0n) is 21.9. The summed E-state index contributed by atoms with van der Waals surface area (Å²) in [7, 11) is 0. The van der Waals surface area contributed by atoms with Crippen LogP contribution in [0.1, 0.15) is 35.7 Å². The summed E-state index contributed by atoms with van der Waals surface area (Å²) in [6.07, 6.45) is -0.990. The van der Waals surface area contributed by atoms with E-state index in [2.05, 4.69) is 20.9 Å². The van der Waals surface area contributed by atoms with Crippen molar-refractivity contribution in [2.75, 3.05) is 0 Å². The third-order valence-corrected chi connectivity index (χ3v) is 6.00. The predicted octanol–water partition coefficient (Wildman–Crippen LogP) is 3.39. The maximum absolute atomic E-state index is 13.4. The van der Waals surface area contributed by atoms with Gasteiger partial charge in [0.05, 0.1) is 5.52 Å². The van der Waals surface area contributed by atoms with Crippen molar-refractivity contribution >= 4 is 34.9 Å². The first-order chi connectivity index (χ1) is 19.4. The van der Waals surface area contributed by atoms with Crippen molar-refractivity contribution in [3.63, 3.8) is 0 Å². The summed E-state index contributed by atoms with van der Waals surface area (Å²) < 4.78 is 11.6. The van der Waals surface area contributed by atoms with Crippen LogP contribution in [0.2, 0.25) is 0 Å². The molecule has 1 aromatic heterocycles. The van der Waals surface area contributed by atoms with E-state index in [1.807, 2.05) is 48.5 Å². The van der Waals surface area contributed by atoms with E-state index < -0.39 is 36.0 Å². The lowest BCUT2D eigenvalue weighted by Crippen LogP contribution is -2.51. The molecule has 0 saturated carbocycles. The summed E-state index contributed by atoms with van der Waals surface area (Å²) in [6, 6.07) is 23.0. The zero-order chi connectivity index (χ0) is 28.3. The van der Waals surface area contributed by atoms with Crippen LogP contribution in [0.4, 0.5) is 4.79 Å². The Hall–Kier alpha value is -5.06. The summed E-state index contributed by atoms with van der Waals surface area (Å²) >= 11 is 0. The number of carbonyl (C=O) groups excluding carboxylic acids is 4. The monoisotopic (exact) mass is 543 g/mol. The largest absolute Gasteiger partial charge is 0.461 e. The highest BCUT2D eigenvalue weighted by molar-refractivity contribution is 5.95. The Bertz CT molecular complexity index is 1460. The Morgan fingerprint density at radius 1 is 0.800 bits per heavy atom. The fraction of sp³-hybridized carbons (Fsp3) is 0.241. The number of aromatic nitrogens is 3. The summed E-state index contributed by atoms with van der Waals surface area (Å²) in [4.78, 5) is 51.1. The molecule has 0 saturated heterocycles. The zero-order valence-corrected chi connectivity index (χ0v) is 21.9. The molecule has 4 aromatic rings. The number of nitrogens with zero attached hydrogens (tertiary/aromatic N) is 3. The highest BCUT2D eigenvalue weighted by Gasteiger charge is 2.28. The molecule has 0 bridgehead atoms. The molecule has 2 atom stereocenters. The molecule has 0 aliphatic carbocycles. The maximum Gasteiger partial charge on any atom is 0.408 e. The number of rotatable bonds is 11. The van der Waals surface area contributed by atoms with Gasteiger partial charge in [-0.2, -0.15) is 4.68 Å². The van der Waals surface area contributed by atoms with Gasteiger partial charge in [0.1, 0.15) is 30.8 Å². The molecular weight excluding hydrogens is 514 g/mol. The van der Waals surface area contributed by atoms with E-state index in [4.69, 9.17) is 9.47 Å². The summed E-state index contributed by atoms with van der Waals surface area (Å²) in [5.41, 5.74) is 2.57. The normalized spacial score (nSPS) is 12.2. The molecule has 0 radical (unpaired) electrons. The van der Waals surface area contributed by atoms with Crippen molar-refractivity contribution in [3.8, 4) is 0 Å². The topological polar surface area (TPSA) is 142 Å². The number of hydrogen-bond acceptors (Lipinski definition) is 8. The van der Waals surface area contributed by atoms with Crippen molar-refractivity contribution in [2.45, 2.75) is 45.1 Å². The summed E-state index contributed by atoms with van der Waals surface area (Å²) in [5.74, 6) is -1.76. The van der Waals surface area contributed by atoms with E-state index in [9.17, 15) is 19.2 Å². The third-order valence-electron chi connectivity index (χ3n) is 6.00. The number of fused-ring (bicyclic) bond motifs is 1. The fourth-order valence-corrected chi connectivity index (χ4v) is 3.81. The Morgan fingerprint density at radius 2 is 1.40 bits per heavy atom. The molecule has 3 aromatic carbocycles. The van der Waals surface area contributed by atoms with E-state index in [-0.39, 0.29) is 26.1 Å². The predicted molar refractivity (Wildman–Crippen MR) is 145 cm³/mol. The Kier molecular flexibility index (Phi) is 9.54. The first-order valence-corrected chi connectivity index (χ1v) is 12.7. The van der Waals surface area contributed by atoms with Crippen molar-refractivity contribution in [1.29, 1.82) is 0 Å². The minimum atomic E-state index is -1.15. The quantitative estimate of drug-likeness (QED) is 0.274. The van der Waals surface area contributed by atoms with Crippen molar-refractivity contribution in [2.24, 2.45) is 0 Å². The minimum Gasteiger partial charge on any atom is -0.461 e. The SMILES string of the molecule is C[C@H](NC(=O)OCc1ccccc1)C(=O)N[C@@H](CCC(=O)OCc1ccccc1)C(=O)n1nnc2ccccc21. The molecule has 4 rings (SSSR count). The third kappa shape index (κ3) is 7.73. The molecule has 40 heavy (non-hydrogen) atoms. The number of nitrogens with one attached hydrogen (secondary N) is 2. The first kappa shape index (κ1) is 28.0. The molecule has 0 aliphatic heterocycles. The van der Waals surface area contributed by atoms with Gasteiger partial charge in [-0.05, 0) is 36.6 Å². The van der Waals surface area contributed by atoms with Gasteiger partial charge < -0.3 is 20.1 Å². The Labute approximate surface area is 230 Å². The molecule has 2 amide bonds. The average molecular weight is 544 g/mol. The number of amides is 2. The lowest BCUT2D eigenvalue weighted by molar-refractivity contribution is -0.145. The molecule has 0 aliphatic rings. The molecule has 1 heterocycles. The van der Waals surface area contributed by atoms with Crippen molar-refractivity contribution in [3.05, 3.63) is 96.1 Å². The number of carbonyl (C=O) groups is 4. The number of hydrogen-bond donors (Lipinski definition) is 2. The van der Waals surface area contributed by atoms with Gasteiger partial charge in [-0.15, -0.1) is 5.10 Å². The van der Waals surface area contributed by atoms with Crippen LogP contribution in [0.5, 0.6) is 0 Å². The lowest BCUT2D eigenvalue weighted by Gasteiger charge is -2.20. The Morgan fingerprint density at radius 3 is 2.08 bits per heavy atom. The van der Waals surface area contributed by atoms with Gasteiger partial charge in [-0.3, -0.25) is 14.4 Å². The van der Waals surface area contributed by atoms with Gasteiger partial charge in [0.25, 0.3) is 5.91 Å². The molecule has 11 nitrogen and oxygen atoms in total. The van der Waals surface area contributed by atoms with Gasteiger partial charge in [-0.25, -0.2) is 4.79 Å². The highest BCUT2D eigenvalue weighted by Crippen LogP contribution is 2.13.